The zero-order valence-electron chi connectivity index (χ0n) is 11.4. The first-order valence-corrected chi connectivity index (χ1v) is 6.41. The summed E-state index contributed by atoms with van der Waals surface area (Å²) >= 11 is 0. The number of nitrogens with one attached hydrogen (secondary N) is 1. The highest BCUT2D eigenvalue weighted by Crippen LogP contribution is 1.95. The third-order valence-electron chi connectivity index (χ3n) is 3.21. The summed E-state index contributed by atoms with van der Waals surface area (Å²) in [6.45, 7) is 7.48. The van der Waals surface area contributed by atoms with E-state index >= 15 is 0 Å². The summed E-state index contributed by atoms with van der Waals surface area (Å²) in [6.07, 6.45) is 0.616. The zero-order valence-corrected chi connectivity index (χ0v) is 11.4. The molecule has 100 valence electrons. The summed E-state index contributed by atoms with van der Waals surface area (Å²) in [5.74, 6) is 0.207. The smallest absolute Gasteiger partial charge is 0.223 e. The van der Waals surface area contributed by atoms with Gasteiger partial charge in [-0.25, -0.2) is 0 Å². The van der Waals surface area contributed by atoms with Crippen LogP contribution in [-0.4, -0.2) is 87.6 Å². The quantitative estimate of drug-likeness (QED) is 0.669. The van der Waals surface area contributed by atoms with Gasteiger partial charge in [-0.3, -0.25) is 9.69 Å². The van der Waals surface area contributed by atoms with Crippen molar-refractivity contribution >= 4 is 5.91 Å². The molecule has 1 heterocycles. The molecule has 1 aliphatic heterocycles. The Morgan fingerprint density at radius 3 is 2.41 bits per heavy atom. The minimum Gasteiger partial charge on any atom is -0.349 e. The van der Waals surface area contributed by atoms with Gasteiger partial charge in [-0.15, -0.1) is 0 Å². The van der Waals surface area contributed by atoms with Crippen LogP contribution in [0.3, 0.4) is 0 Å². The van der Waals surface area contributed by atoms with E-state index in [1.165, 1.54) is 0 Å². The molecule has 0 aromatic carbocycles. The topological polar surface area (TPSA) is 38.8 Å². The molecule has 0 bridgehead atoms. The van der Waals surface area contributed by atoms with E-state index in [0.717, 1.165) is 45.8 Å². The van der Waals surface area contributed by atoms with Gasteiger partial charge < -0.3 is 15.1 Å². The molecule has 1 rings (SSSR count). The standard InChI is InChI=1S/C12H26N4O/c1-14(2)12(17)4-7-15(3)10-11-16-8-5-13-6-9-16/h13H,4-11H2,1-3H3. The molecule has 1 amide bonds. The van der Waals surface area contributed by atoms with Crippen LogP contribution < -0.4 is 5.32 Å². The molecule has 0 aromatic rings. The molecular formula is C12H26N4O. The predicted octanol–water partition coefficient (Wildman–Crippen LogP) is -0.698. The number of piperazine rings is 1. The lowest BCUT2D eigenvalue weighted by molar-refractivity contribution is -0.128. The number of hydrogen-bond donors (Lipinski definition) is 1. The van der Waals surface area contributed by atoms with Crippen LogP contribution in [0, 0.1) is 0 Å². The minimum atomic E-state index is 0.207. The molecule has 0 radical (unpaired) electrons. The molecular weight excluding hydrogens is 216 g/mol. The van der Waals surface area contributed by atoms with Gasteiger partial charge in [-0.1, -0.05) is 0 Å². The molecule has 1 saturated heterocycles. The van der Waals surface area contributed by atoms with Crippen molar-refractivity contribution in [3.05, 3.63) is 0 Å². The first kappa shape index (κ1) is 14.4. The molecule has 5 nitrogen and oxygen atoms in total. The summed E-state index contributed by atoms with van der Waals surface area (Å²) in [7, 11) is 5.71. The van der Waals surface area contributed by atoms with Crippen molar-refractivity contribution in [1.82, 2.24) is 20.0 Å². The van der Waals surface area contributed by atoms with Gasteiger partial charge in [0.2, 0.25) is 5.91 Å². The first-order valence-electron chi connectivity index (χ1n) is 6.41. The van der Waals surface area contributed by atoms with E-state index in [1.807, 2.05) is 14.1 Å². The van der Waals surface area contributed by atoms with Gasteiger partial charge in [0.1, 0.15) is 0 Å². The molecule has 0 unspecified atom stereocenters. The Kier molecular flexibility index (Phi) is 6.47. The van der Waals surface area contributed by atoms with Gasteiger partial charge in [-0.05, 0) is 7.05 Å². The number of carbonyl (C=O) groups excluding carboxylic acids is 1. The van der Waals surface area contributed by atoms with Crippen molar-refractivity contribution in [3.63, 3.8) is 0 Å². The van der Waals surface area contributed by atoms with E-state index in [0.29, 0.717) is 6.42 Å². The largest absolute Gasteiger partial charge is 0.349 e. The summed E-state index contributed by atoms with van der Waals surface area (Å²) in [5.41, 5.74) is 0. The Bertz CT molecular complexity index is 227. The van der Waals surface area contributed by atoms with Crippen molar-refractivity contribution in [2.24, 2.45) is 0 Å². The number of rotatable bonds is 6. The lowest BCUT2D eigenvalue weighted by Crippen LogP contribution is -2.46. The minimum absolute atomic E-state index is 0.207. The van der Waals surface area contributed by atoms with E-state index in [-0.39, 0.29) is 5.91 Å². The van der Waals surface area contributed by atoms with Gasteiger partial charge in [0.05, 0.1) is 0 Å². The first-order chi connectivity index (χ1) is 8.09. The Morgan fingerprint density at radius 1 is 1.18 bits per heavy atom. The number of carbonyl (C=O) groups is 1. The maximum atomic E-state index is 11.4. The highest BCUT2D eigenvalue weighted by atomic mass is 16.2. The van der Waals surface area contributed by atoms with Crippen molar-refractivity contribution < 1.29 is 4.79 Å². The number of nitrogens with zero attached hydrogens (tertiary/aromatic N) is 3. The Balaban J connectivity index is 2.07. The predicted molar refractivity (Wildman–Crippen MR) is 70.1 cm³/mol. The molecule has 17 heavy (non-hydrogen) atoms. The second-order valence-corrected chi connectivity index (χ2v) is 4.93. The molecule has 1 aliphatic rings. The van der Waals surface area contributed by atoms with Crippen molar-refractivity contribution in [3.8, 4) is 0 Å². The highest BCUT2D eigenvalue weighted by molar-refractivity contribution is 5.75. The normalized spacial score (nSPS) is 17.4. The van der Waals surface area contributed by atoms with Crippen LogP contribution in [0.2, 0.25) is 0 Å². The summed E-state index contributed by atoms with van der Waals surface area (Å²) in [5, 5.41) is 3.35. The van der Waals surface area contributed by atoms with E-state index in [2.05, 4.69) is 22.2 Å². The average molecular weight is 242 g/mol. The summed E-state index contributed by atoms with van der Waals surface area (Å²) in [4.78, 5) is 17.8. The molecule has 0 aliphatic carbocycles. The van der Waals surface area contributed by atoms with Crippen LogP contribution in [0.5, 0.6) is 0 Å². The van der Waals surface area contributed by atoms with Gasteiger partial charge in [0.25, 0.3) is 0 Å². The fraction of sp³-hybridized carbons (Fsp3) is 0.917. The molecule has 0 atom stereocenters. The lowest BCUT2D eigenvalue weighted by Gasteiger charge is -2.29. The van der Waals surface area contributed by atoms with E-state index < -0.39 is 0 Å². The van der Waals surface area contributed by atoms with Crippen LogP contribution in [0.4, 0.5) is 0 Å². The van der Waals surface area contributed by atoms with E-state index in [4.69, 9.17) is 0 Å². The van der Waals surface area contributed by atoms with Crippen LogP contribution in [0.25, 0.3) is 0 Å². The number of likely N-dealkylation sites (N-methyl/N-ethyl adjacent to an activating group) is 1. The van der Waals surface area contributed by atoms with Crippen molar-refractivity contribution in [2.75, 3.05) is 67.0 Å². The maximum absolute atomic E-state index is 11.4. The third kappa shape index (κ3) is 6.00. The Hall–Kier alpha value is -0.650. The molecule has 5 heteroatoms. The second-order valence-electron chi connectivity index (χ2n) is 4.93. The molecule has 0 spiro atoms. The molecule has 1 N–H and O–H groups in total. The van der Waals surface area contributed by atoms with Gasteiger partial charge in [0, 0.05) is 66.3 Å². The Labute approximate surface area is 105 Å². The van der Waals surface area contributed by atoms with Crippen LogP contribution >= 0.6 is 0 Å². The summed E-state index contributed by atoms with van der Waals surface area (Å²) < 4.78 is 0. The van der Waals surface area contributed by atoms with Gasteiger partial charge >= 0.3 is 0 Å². The van der Waals surface area contributed by atoms with Crippen molar-refractivity contribution in [2.45, 2.75) is 6.42 Å². The zero-order chi connectivity index (χ0) is 12.7. The number of hydrogen-bond acceptors (Lipinski definition) is 4. The number of amides is 1. The van der Waals surface area contributed by atoms with E-state index in [9.17, 15) is 4.79 Å². The van der Waals surface area contributed by atoms with Crippen LogP contribution in [0.1, 0.15) is 6.42 Å². The monoisotopic (exact) mass is 242 g/mol. The average Bonchev–Trinajstić information content (AvgIpc) is 2.34. The highest BCUT2D eigenvalue weighted by Gasteiger charge is 2.11. The summed E-state index contributed by atoms with van der Waals surface area (Å²) in [6, 6.07) is 0. The fourth-order valence-electron chi connectivity index (χ4n) is 1.87. The van der Waals surface area contributed by atoms with Gasteiger partial charge in [0.15, 0.2) is 0 Å². The SMILES string of the molecule is CN(CCC(=O)N(C)C)CCN1CCNCC1. The van der Waals surface area contributed by atoms with Crippen LogP contribution in [-0.2, 0) is 4.79 Å². The molecule has 1 fully saturated rings. The second kappa shape index (κ2) is 7.63. The van der Waals surface area contributed by atoms with Crippen molar-refractivity contribution in [1.29, 1.82) is 0 Å². The molecule has 0 aromatic heterocycles. The molecule has 0 saturated carbocycles. The van der Waals surface area contributed by atoms with Gasteiger partial charge in [-0.2, -0.15) is 0 Å². The maximum Gasteiger partial charge on any atom is 0.223 e. The van der Waals surface area contributed by atoms with Crippen LogP contribution in [0.15, 0.2) is 0 Å². The third-order valence-corrected chi connectivity index (χ3v) is 3.21. The fourth-order valence-corrected chi connectivity index (χ4v) is 1.87. The van der Waals surface area contributed by atoms with E-state index in [1.54, 1.807) is 4.90 Å². The Morgan fingerprint density at radius 2 is 1.82 bits per heavy atom. The lowest BCUT2D eigenvalue weighted by atomic mass is 10.3.